The normalized spacial score (nSPS) is 15.1. The van der Waals surface area contributed by atoms with Gasteiger partial charge in [-0.25, -0.2) is 9.13 Å². The van der Waals surface area contributed by atoms with Crippen molar-refractivity contribution >= 4 is 39.5 Å². The molecule has 594 valence electrons. The van der Waals surface area contributed by atoms with Crippen LogP contribution in [0.25, 0.3) is 0 Å². The van der Waals surface area contributed by atoms with E-state index in [0.29, 0.717) is 25.7 Å². The van der Waals surface area contributed by atoms with Crippen LogP contribution in [0.5, 0.6) is 0 Å². The summed E-state index contributed by atoms with van der Waals surface area (Å²) >= 11 is 0. The molecule has 0 fully saturated rings. The van der Waals surface area contributed by atoms with Crippen LogP contribution in [0.3, 0.4) is 0 Å². The number of aliphatic hydroxyl groups is 1. The highest BCUT2D eigenvalue weighted by Gasteiger charge is 2.30. The van der Waals surface area contributed by atoms with Gasteiger partial charge in [0.15, 0.2) is 12.2 Å². The average molecular weight is 1470 g/mol. The van der Waals surface area contributed by atoms with Gasteiger partial charge in [-0.2, -0.15) is 0 Å². The zero-order valence-electron chi connectivity index (χ0n) is 65.8. The summed E-state index contributed by atoms with van der Waals surface area (Å²) in [5.41, 5.74) is 0. The molecule has 0 amide bonds. The zero-order chi connectivity index (χ0) is 73.8. The second-order valence-electron chi connectivity index (χ2n) is 30.1. The molecule has 0 saturated carbocycles. The molecule has 0 rings (SSSR count). The third kappa shape index (κ3) is 69.1. The molecule has 0 spiro atoms. The maximum absolute atomic E-state index is 13.1. The van der Waals surface area contributed by atoms with Crippen LogP contribution in [0.15, 0.2) is 0 Å². The minimum absolute atomic E-state index is 0.106. The number of carbonyl (C=O) groups is 4. The SMILES string of the molecule is CCC(C)CCCCCCCCCCCCCCCCC(=O)O[C@H](COC(=O)CCCCCCCCCCCCC(C)CC)COP(=O)(O)OC[C@@H](O)COP(=O)(O)OC[C@@H](COC(=O)CCCCCCCCC(C)CC)OC(=O)CCCCCCCCCCCCCCCCC(C)CC. The van der Waals surface area contributed by atoms with E-state index in [9.17, 15) is 43.2 Å². The Balaban J connectivity index is 5.25. The van der Waals surface area contributed by atoms with E-state index in [1.807, 2.05) is 0 Å². The first-order chi connectivity index (χ1) is 48.2. The number of phosphoric ester groups is 2. The average Bonchev–Trinajstić information content (AvgIpc) is 0.950. The van der Waals surface area contributed by atoms with Crippen LogP contribution in [0.1, 0.15) is 415 Å². The van der Waals surface area contributed by atoms with Gasteiger partial charge in [-0.05, 0) is 49.4 Å². The van der Waals surface area contributed by atoms with Crippen molar-refractivity contribution in [1.82, 2.24) is 0 Å². The molecule has 3 N–H and O–H groups in total. The summed E-state index contributed by atoms with van der Waals surface area (Å²) in [5.74, 6) is 1.12. The van der Waals surface area contributed by atoms with Crippen LogP contribution in [0.4, 0.5) is 0 Å². The van der Waals surface area contributed by atoms with Crippen LogP contribution in [0, 0.1) is 23.7 Å². The van der Waals surface area contributed by atoms with E-state index in [4.69, 9.17) is 37.0 Å². The van der Waals surface area contributed by atoms with Crippen LogP contribution < -0.4 is 0 Å². The highest BCUT2D eigenvalue weighted by molar-refractivity contribution is 7.47. The van der Waals surface area contributed by atoms with Crippen LogP contribution in [-0.4, -0.2) is 96.7 Å². The smallest absolute Gasteiger partial charge is 0.462 e. The van der Waals surface area contributed by atoms with Gasteiger partial charge >= 0.3 is 39.5 Å². The quantitative estimate of drug-likeness (QED) is 0.0222. The van der Waals surface area contributed by atoms with E-state index in [1.165, 1.54) is 212 Å². The van der Waals surface area contributed by atoms with Gasteiger partial charge in [0.1, 0.15) is 19.3 Å². The zero-order valence-corrected chi connectivity index (χ0v) is 67.6. The van der Waals surface area contributed by atoms with Gasteiger partial charge in [0.2, 0.25) is 0 Å². The Labute approximate surface area is 613 Å². The lowest BCUT2D eigenvalue weighted by atomic mass is 9.99. The minimum Gasteiger partial charge on any atom is -0.462 e. The van der Waals surface area contributed by atoms with E-state index in [-0.39, 0.29) is 25.7 Å². The summed E-state index contributed by atoms with van der Waals surface area (Å²) < 4.78 is 68.7. The predicted molar refractivity (Wildman–Crippen MR) is 409 cm³/mol. The molecular formula is C81H158O17P2. The van der Waals surface area contributed by atoms with Crippen LogP contribution in [0.2, 0.25) is 0 Å². The second-order valence-corrected chi connectivity index (χ2v) is 33.0. The maximum atomic E-state index is 13.1. The van der Waals surface area contributed by atoms with E-state index < -0.39 is 97.5 Å². The Hall–Kier alpha value is -1.94. The van der Waals surface area contributed by atoms with Gasteiger partial charge in [-0.1, -0.05) is 364 Å². The monoisotopic (exact) mass is 1470 g/mol. The third-order valence-corrected chi connectivity index (χ3v) is 22.2. The van der Waals surface area contributed by atoms with Gasteiger partial charge in [0.05, 0.1) is 26.4 Å². The van der Waals surface area contributed by atoms with E-state index in [2.05, 4.69) is 55.4 Å². The van der Waals surface area contributed by atoms with Crippen molar-refractivity contribution in [3.8, 4) is 0 Å². The molecule has 100 heavy (non-hydrogen) atoms. The second kappa shape index (κ2) is 70.1. The summed E-state index contributed by atoms with van der Waals surface area (Å²) in [5, 5.41) is 10.6. The number of esters is 4. The Kier molecular flexibility index (Phi) is 68.7. The topological polar surface area (TPSA) is 237 Å². The van der Waals surface area contributed by atoms with Crippen molar-refractivity contribution in [3.05, 3.63) is 0 Å². The van der Waals surface area contributed by atoms with Gasteiger partial charge in [0, 0.05) is 25.7 Å². The summed E-state index contributed by atoms with van der Waals surface area (Å²) in [7, 11) is -9.92. The fraction of sp³-hybridized carbons (Fsp3) is 0.951. The Morgan fingerprint density at radius 1 is 0.270 bits per heavy atom. The van der Waals surface area contributed by atoms with Gasteiger partial charge in [0.25, 0.3) is 0 Å². The number of phosphoric acid groups is 2. The lowest BCUT2D eigenvalue weighted by Crippen LogP contribution is -2.30. The maximum Gasteiger partial charge on any atom is 0.472 e. The summed E-state index contributed by atoms with van der Waals surface area (Å²) in [6.45, 7) is 14.3. The third-order valence-electron chi connectivity index (χ3n) is 20.3. The first-order valence-electron chi connectivity index (χ1n) is 41.9. The van der Waals surface area contributed by atoms with Crippen molar-refractivity contribution in [2.24, 2.45) is 23.7 Å². The number of rotatable bonds is 78. The molecule has 0 aromatic heterocycles. The van der Waals surface area contributed by atoms with Crippen molar-refractivity contribution in [1.29, 1.82) is 0 Å². The summed E-state index contributed by atoms with van der Waals surface area (Å²) in [6.07, 6.45) is 56.7. The summed E-state index contributed by atoms with van der Waals surface area (Å²) in [4.78, 5) is 73.0. The number of aliphatic hydroxyl groups excluding tert-OH is 1. The molecule has 0 heterocycles. The van der Waals surface area contributed by atoms with Crippen LogP contribution >= 0.6 is 15.6 Å². The Bertz CT molecular complexity index is 1960. The number of hydrogen-bond donors (Lipinski definition) is 3. The molecule has 0 radical (unpaired) electrons. The van der Waals surface area contributed by atoms with Crippen molar-refractivity contribution in [2.75, 3.05) is 39.6 Å². The molecule has 17 nitrogen and oxygen atoms in total. The van der Waals surface area contributed by atoms with E-state index in [0.717, 1.165) is 120 Å². The highest BCUT2D eigenvalue weighted by Crippen LogP contribution is 2.45. The van der Waals surface area contributed by atoms with Crippen molar-refractivity contribution in [3.63, 3.8) is 0 Å². The standard InChI is InChI=1S/C81H158O17P2/c1-9-71(5)57-49-41-33-27-21-17-13-15-19-23-31-37-47-55-63-80(85)97-76(67-91-78(83)61-53-45-36-30-26-25-29-35-43-51-59-73(7)11-3)69-95-99(87,88)93-65-75(82)66-94-100(89,90)96-70-77(68-92-79(84)62-54-46-40-39-44-52-60-74(8)12-4)98-81(86)64-56-48-38-32-24-20-16-14-18-22-28-34-42-50-58-72(6)10-2/h71-77,82H,9-70H2,1-8H3,(H,87,88)(H,89,90)/t71?,72?,73?,74?,75-,76-,77-/m1/s1. The molecule has 9 atom stereocenters. The largest absolute Gasteiger partial charge is 0.472 e. The Morgan fingerprint density at radius 2 is 0.450 bits per heavy atom. The van der Waals surface area contributed by atoms with E-state index in [1.54, 1.807) is 0 Å². The number of carbonyl (C=O) groups excluding carboxylic acids is 4. The molecule has 0 aromatic carbocycles. The number of hydrogen-bond acceptors (Lipinski definition) is 15. The molecular weight excluding hydrogens is 1310 g/mol. The number of unbranched alkanes of at least 4 members (excludes halogenated alkanes) is 40. The molecule has 0 saturated heterocycles. The Morgan fingerprint density at radius 3 is 0.660 bits per heavy atom. The number of ether oxygens (including phenoxy) is 4. The van der Waals surface area contributed by atoms with Gasteiger partial charge in [-0.3, -0.25) is 37.3 Å². The van der Waals surface area contributed by atoms with Crippen molar-refractivity contribution < 1.29 is 80.2 Å². The summed E-state index contributed by atoms with van der Waals surface area (Å²) in [6, 6.07) is 0. The molecule has 0 bridgehead atoms. The lowest BCUT2D eigenvalue weighted by Gasteiger charge is -2.21. The van der Waals surface area contributed by atoms with Crippen molar-refractivity contribution in [2.45, 2.75) is 433 Å². The molecule has 19 heteroatoms. The molecule has 0 aliphatic heterocycles. The first kappa shape index (κ1) is 98.1. The highest BCUT2D eigenvalue weighted by atomic mass is 31.2. The first-order valence-corrected chi connectivity index (χ1v) is 44.8. The lowest BCUT2D eigenvalue weighted by molar-refractivity contribution is -0.161. The van der Waals surface area contributed by atoms with Gasteiger partial charge < -0.3 is 33.8 Å². The predicted octanol–water partition coefficient (Wildman–Crippen LogP) is 24.0. The van der Waals surface area contributed by atoms with E-state index >= 15 is 0 Å². The minimum atomic E-state index is -4.96. The molecule has 0 aliphatic carbocycles. The van der Waals surface area contributed by atoms with Crippen LogP contribution in [-0.2, 0) is 65.4 Å². The molecule has 0 aliphatic rings. The van der Waals surface area contributed by atoms with Gasteiger partial charge in [-0.15, -0.1) is 0 Å². The molecule has 6 unspecified atom stereocenters. The fourth-order valence-electron chi connectivity index (χ4n) is 12.3. The fourth-order valence-corrected chi connectivity index (χ4v) is 13.9. The molecule has 0 aromatic rings.